The molecule has 1 heterocycles. The van der Waals surface area contributed by atoms with Gasteiger partial charge in [-0.1, -0.05) is 53.0 Å². The summed E-state index contributed by atoms with van der Waals surface area (Å²) >= 11 is 3.51. The number of nitrogens with zero attached hydrogens (tertiary/aromatic N) is 1. The molecule has 2 aromatic carbocycles. The van der Waals surface area contributed by atoms with E-state index < -0.39 is 0 Å². The Morgan fingerprint density at radius 1 is 0.955 bits per heavy atom. The van der Waals surface area contributed by atoms with Crippen molar-refractivity contribution in [3.05, 3.63) is 64.1 Å². The molecule has 1 fully saturated rings. The molecular weight excluding hydrogens is 336 g/mol. The predicted molar refractivity (Wildman–Crippen MR) is 93.5 cm³/mol. The molecule has 0 aromatic heterocycles. The summed E-state index contributed by atoms with van der Waals surface area (Å²) in [5.74, 6) is 1.03. The maximum atomic E-state index is 6.74. The van der Waals surface area contributed by atoms with Crippen LogP contribution in [0.5, 0.6) is 0 Å². The van der Waals surface area contributed by atoms with Gasteiger partial charge in [0.2, 0.25) is 0 Å². The van der Waals surface area contributed by atoms with E-state index in [-0.39, 0.29) is 5.41 Å². The van der Waals surface area contributed by atoms with E-state index in [1.807, 2.05) is 0 Å². The first-order valence-electron chi connectivity index (χ1n) is 7.95. The second-order valence-electron chi connectivity index (χ2n) is 6.39. The first-order valence-corrected chi connectivity index (χ1v) is 8.74. The van der Waals surface area contributed by atoms with Crippen molar-refractivity contribution in [2.24, 2.45) is 5.73 Å². The van der Waals surface area contributed by atoms with Crippen molar-refractivity contribution >= 4 is 27.5 Å². The van der Waals surface area contributed by atoms with E-state index in [9.17, 15) is 0 Å². The molecule has 2 N–H and O–H groups in total. The quantitative estimate of drug-likeness (QED) is 0.750. The number of amidine groups is 1. The van der Waals surface area contributed by atoms with Crippen LogP contribution in [0.1, 0.15) is 36.8 Å². The van der Waals surface area contributed by atoms with Crippen molar-refractivity contribution in [1.29, 1.82) is 0 Å². The largest absolute Gasteiger partial charge is 0.290 e. The van der Waals surface area contributed by atoms with Crippen LogP contribution in [0.4, 0.5) is 5.69 Å². The third-order valence-electron chi connectivity index (χ3n) is 5.24. The SMILES string of the molecule is NC1=[N+](c2ccc(Br)cc2)Cc2ccccc2C12CCCC2. The van der Waals surface area contributed by atoms with Crippen LogP contribution in [0, 0.1) is 0 Å². The third kappa shape index (κ3) is 2.03. The molecule has 0 radical (unpaired) electrons. The third-order valence-corrected chi connectivity index (χ3v) is 5.77. The van der Waals surface area contributed by atoms with E-state index in [1.165, 1.54) is 42.5 Å². The molecule has 1 spiro atoms. The van der Waals surface area contributed by atoms with Crippen LogP contribution in [-0.4, -0.2) is 10.4 Å². The molecule has 22 heavy (non-hydrogen) atoms. The number of halogens is 1. The summed E-state index contributed by atoms with van der Waals surface area (Å²) in [7, 11) is 0. The van der Waals surface area contributed by atoms with Gasteiger partial charge >= 0.3 is 0 Å². The van der Waals surface area contributed by atoms with Gasteiger partial charge in [0.25, 0.3) is 5.84 Å². The Hall–Kier alpha value is -1.61. The van der Waals surface area contributed by atoms with Gasteiger partial charge in [0.05, 0.1) is 5.41 Å². The number of hydrogen-bond donors (Lipinski definition) is 1. The number of benzene rings is 2. The zero-order valence-corrected chi connectivity index (χ0v) is 14.1. The van der Waals surface area contributed by atoms with Gasteiger partial charge in [-0.15, -0.1) is 0 Å². The zero-order valence-electron chi connectivity index (χ0n) is 12.6. The average molecular weight is 356 g/mol. The smallest absolute Gasteiger partial charge is 0.258 e. The first-order chi connectivity index (χ1) is 10.7. The fourth-order valence-corrected chi connectivity index (χ4v) is 4.40. The highest BCUT2D eigenvalue weighted by molar-refractivity contribution is 9.10. The molecule has 3 heteroatoms. The molecule has 1 aliphatic carbocycles. The summed E-state index contributed by atoms with van der Waals surface area (Å²) in [5, 5.41) is 0. The van der Waals surface area contributed by atoms with Gasteiger partial charge in [0, 0.05) is 4.47 Å². The molecule has 2 aliphatic rings. The van der Waals surface area contributed by atoms with Crippen LogP contribution in [-0.2, 0) is 12.0 Å². The number of fused-ring (bicyclic) bond motifs is 2. The standard InChI is InChI=1S/C19H19BrN2/c20-15-7-9-16(10-8-15)22-13-14-5-1-2-6-17(14)19(18(22)21)11-3-4-12-19/h1-2,5-10,21H,3-4,11-13H2/p+1. The average Bonchev–Trinajstić information content (AvgIpc) is 3.03. The number of rotatable bonds is 1. The fraction of sp³-hybridized carbons (Fsp3) is 0.316. The maximum absolute atomic E-state index is 6.74. The molecule has 112 valence electrons. The molecule has 1 aliphatic heterocycles. The molecule has 0 saturated heterocycles. The lowest BCUT2D eigenvalue weighted by molar-refractivity contribution is -0.465. The maximum Gasteiger partial charge on any atom is 0.258 e. The molecule has 1 saturated carbocycles. The Labute approximate surface area is 139 Å². The van der Waals surface area contributed by atoms with Crippen LogP contribution in [0.15, 0.2) is 53.0 Å². The fourth-order valence-electron chi connectivity index (χ4n) is 4.13. The molecular formula is C19H20BrN2+. The Bertz CT molecular complexity index is 740. The van der Waals surface area contributed by atoms with E-state index in [0.29, 0.717) is 0 Å². The summed E-state index contributed by atoms with van der Waals surface area (Å²) in [5.41, 5.74) is 10.8. The van der Waals surface area contributed by atoms with Crippen molar-refractivity contribution in [1.82, 2.24) is 0 Å². The minimum Gasteiger partial charge on any atom is -0.290 e. The van der Waals surface area contributed by atoms with E-state index in [1.54, 1.807) is 0 Å². The summed E-state index contributed by atoms with van der Waals surface area (Å²) < 4.78 is 3.41. The van der Waals surface area contributed by atoms with Gasteiger partial charge < -0.3 is 0 Å². The van der Waals surface area contributed by atoms with E-state index >= 15 is 0 Å². The summed E-state index contributed by atoms with van der Waals surface area (Å²) in [6, 6.07) is 17.3. The van der Waals surface area contributed by atoms with Crippen molar-refractivity contribution in [2.45, 2.75) is 37.6 Å². The molecule has 0 bridgehead atoms. The van der Waals surface area contributed by atoms with Crippen LogP contribution in [0.3, 0.4) is 0 Å². The van der Waals surface area contributed by atoms with Crippen LogP contribution >= 0.6 is 15.9 Å². The Kier molecular flexibility index (Phi) is 3.33. The lowest BCUT2D eigenvalue weighted by Gasteiger charge is -2.33. The van der Waals surface area contributed by atoms with Gasteiger partial charge in [0.15, 0.2) is 0 Å². The van der Waals surface area contributed by atoms with Crippen molar-refractivity contribution in [2.75, 3.05) is 0 Å². The zero-order chi connectivity index (χ0) is 15.2. The van der Waals surface area contributed by atoms with Crippen molar-refractivity contribution in [3.8, 4) is 0 Å². The lowest BCUT2D eigenvalue weighted by Crippen LogP contribution is -2.48. The molecule has 0 atom stereocenters. The van der Waals surface area contributed by atoms with Crippen LogP contribution < -0.4 is 5.73 Å². The van der Waals surface area contributed by atoms with Gasteiger partial charge in [0.1, 0.15) is 12.2 Å². The minimum atomic E-state index is 0.0436. The van der Waals surface area contributed by atoms with E-state index in [0.717, 1.165) is 16.9 Å². The van der Waals surface area contributed by atoms with Gasteiger partial charge in [-0.05, 0) is 48.2 Å². The predicted octanol–water partition coefficient (Wildman–Crippen LogP) is 4.48. The summed E-state index contributed by atoms with van der Waals surface area (Å²) in [4.78, 5) is 0. The van der Waals surface area contributed by atoms with Crippen molar-refractivity contribution in [3.63, 3.8) is 0 Å². The molecule has 0 amide bonds. The van der Waals surface area contributed by atoms with E-state index in [4.69, 9.17) is 5.73 Å². The Balaban J connectivity index is 1.91. The van der Waals surface area contributed by atoms with Gasteiger partial charge in [-0.3, -0.25) is 5.73 Å². The second kappa shape index (κ2) is 5.24. The summed E-state index contributed by atoms with van der Waals surface area (Å²) in [6.07, 6.45) is 4.87. The number of hydrogen-bond acceptors (Lipinski definition) is 1. The highest BCUT2D eigenvalue weighted by Gasteiger charge is 2.48. The lowest BCUT2D eigenvalue weighted by atomic mass is 9.73. The van der Waals surface area contributed by atoms with E-state index in [2.05, 4.69) is 69.0 Å². The molecule has 2 nitrogen and oxygen atoms in total. The Morgan fingerprint density at radius 3 is 2.36 bits per heavy atom. The first kappa shape index (κ1) is 14.0. The molecule has 0 unspecified atom stereocenters. The Morgan fingerprint density at radius 2 is 1.64 bits per heavy atom. The molecule has 4 rings (SSSR count). The van der Waals surface area contributed by atoms with Gasteiger partial charge in [-0.25, -0.2) is 4.58 Å². The minimum absolute atomic E-state index is 0.0436. The highest BCUT2D eigenvalue weighted by Crippen LogP contribution is 2.45. The highest BCUT2D eigenvalue weighted by atomic mass is 79.9. The summed E-state index contributed by atoms with van der Waals surface area (Å²) in [6.45, 7) is 0.866. The topological polar surface area (TPSA) is 29.0 Å². The van der Waals surface area contributed by atoms with Gasteiger partial charge in [-0.2, -0.15) is 0 Å². The van der Waals surface area contributed by atoms with Crippen molar-refractivity contribution < 1.29 is 4.58 Å². The normalized spacial score (nSPS) is 19.5. The second-order valence-corrected chi connectivity index (χ2v) is 7.31. The van der Waals surface area contributed by atoms with Crippen LogP contribution in [0.25, 0.3) is 0 Å². The molecule has 2 aromatic rings. The van der Waals surface area contributed by atoms with Crippen LogP contribution in [0.2, 0.25) is 0 Å². The monoisotopic (exact) mass is 355 g/mol. The number of nitrogens with two attached hydrogens (primary N) is 1.